The normalized spacial score (nSPS) is 18.1. The molecule has 3 N–H and O–H groups in total. The van der Waals surface area contributed by atoms with E-state index in [0.29, 0.717) is 86.2 Å². The number of halogens is 2. The Hall–Kier alpha value is -4.47. The number of morpholine rings is 1. The van der Waals surface area contributed by atoms with Crippen LogP contribution < -0.4 is 26.4 Å². The fourth-order valence-corrected chi connectivity index (χ4v) is 5.91. The second-order valence-corrected chi connectivity index (χ2v) is 11.0. The number of piperazine rings is 1. The lowest BCUT2D eigenvalue weighted by atomic mass is 10.2. The van der Waals surface area contributed by atoms with Crippen LogP contribution in [0.3, 0.4) is 0 Å². The molecule has 0 saturated carbocycles. The molecule has 7 rings (SSSR count). The number of fused-ring (bicyclic) bond motifs is 3. The average molecular weight is 610 g/mol. The molecule has 15 heteroatoms. The van der Waals surface area contributed by atoms with Gasteiger partial charge in [0.15, 0.2) is 23.0 Å². The molecule has 0 spiro atoms. The molecule has 1 aromatic carbocycles. The van der Waals surface area contributed by atoms with E-state index in [9.17, 15) is 13.6 Å². The minimum atomic E-state index is -0.742. The summed E-state index contributed by atoms with van der Waals surface area (Å²) in [6.45, 7) is 5.40. The first-order chi connectivity index (χ1) is 21.4. The molecule has 5 aromatic rings. The zero-order chi connectivity index (χ0) is 30.4. The van der Waals surface area contributed by atoms with Crippen molar-refractivity contribution in [2.75, 3.05) is 69.7 Å². The predicted octanol–water partition coefficient (Wildman–Crippen LogP) is 1.69. The van der Waals surface area contributed by atoms with E-state index in [4.69, 9.17) is 19.6 Å². The average Bonchev–Trinajstić information content (AvgIpc) is 3.77. The van der Waals surface area contributed by atoms with Crippen LogP contribution in [0, 0.1) is 11.6 Å². The maximum absolute atomic E-state index is 14.8. The number of furan rings is 1. The van der Waals surface area contributed by atoms with Crippen LogP contribution in [0.4, 0.5) is 20.4 Å². The molecular formula is C29H33F2N9O4. The number of nitrogen functional groups attached to an aromatic ring is 1. The molecule has 0 bridgehead atoms. The van der Waals surface area contributed by atoms with Gasteiger partial charge in [0.1, 0.15) is 29.7 Å². The Bertz CT molecular complexity index is 1850. The quantitative estimate of drug-likeness (QED) is 0.268. The largest absolute Gasteiger partial charge is 0.488 e. The Morgan fingerprint density at radius 3 is 2.73 bits per heavy atom. The monoisotopic (exact) mass is 609 g/mol. The van der Waals surface area contributed by atoms with Crippen molar-refractivity contribution in [1.82, 2.24) is 33.9 Å². The van der Waals surface area contributed by atoms with Gasteiger partial charge in [-0.25, -0.2) is 13.6 Å². The number of hydrogen-bond donors (Lipinski definition) is 2. The fraction of sp³-hybridized carbons (Fsp3) is 0.414. The second kappa shape index (κ2) is 11.6. The minimum absolute atomic E-state index is 0.00341. The molecule has 2 aliphatic heterocycles. The van der Waals surface area contributed by atoms with Crippen LogP contribution in [0.5, 0.6) is 5.75 Å². The van der Waals surface area contributed by atoms with E-state index in [1.165, 1.54) is 10.6 Å². The van der Waals surface area contributed by atoms with E-state index in [1.54, 1.807) is 34.6 Å². The van der Waals surface area contributed by atoms with Crippen molar-refractivity contribution in [2.24, 2.45) is 7.05 Å². The molecule has 0 radical (unpaired) electrons. The van der Waals surface area contributed by atoms with Crippen LogP contribution in [0.2, 0.25) is 0 Å². The summed E-state index contributed by atoms with van der Waals surface area (Å²) in [6, 6.07) is 7.70. The highest BCUT2D eigenvalue weighted by molar-refractivity contribution is 5.91. The number of aryl methyl sites for hydroxylation is 1. The molecule has 6 heterocycles. The van der Waals surface area contributed by atoms with Gasteiger partial charge in [-0.3, -0.25) is 14.0 Å². The molecule has 0 aliphatic carbocycles. The van der Waals surface area contributed by atoms with Crippen LogP contribution in [0.25, 0.3) is 28.1 Å². The number of ether oxygens (including phenoxy) is 2. The van der Waals surface area contributed by atoms with Gasteiger partial charge in [0.05, 0.1) is 24.1 Å². The summed E-state index contributed by atoms with van der Waals surface area (Å²) in [4.78, 5) is 21.9. The first-order valence-electron chi connectivity index (χ1n) is 14.6. The van der Waals surface area contributed by atoms with Gasteiger partial charge in [0, 0.05) is 71.5 Å². The van der Waals surface area contributed by atoms with Gasteiger partial charge >= 0.3 is 5.69 Å². The summed E-state index contributed by atoms with van der Waals surface area (Å²) < 4.78 is 50.8. The standard InChI is InChI=1S/C29H33F2N9O4/c1-36-26-23-14-21(24-3-2-11-43-24)35-40(23)28(32)34-27(26)39(29(36)41)10-7-37-5-8-38(9-6-37)22-15-25(20(31)13-19(22)30)44-17-18-16-33-4-12-42-18/h2-3,11,13-15,18,33H,4-10,12,16-17H2,1H3,(H2,32,34). The molecule has 2 aliphatic rings. The highest BCUT2D eigenvalue weighted by Crippen LogP contribution is 2.30. The lowest BCUT2D eigenvalue weighted by Gasteiger charge is -2.36. The molecule has 1 atom stereocenters. The lowest BCUT2D eigenvalue weighted by Crippen LogP contribution is -2.47. The molecule has 232 valence electrons. The molecule has 0 amide bonds. The number of nitrogens with one attached hydrogen (secondary N) is 1. The van der Waals surface area contributed by atoms with Crippen LogP contribution in [-0.2, 0) is 18.3 Å². The number of benzene rings is 1. The van der Waals surface area contributed by atoms with Gasteiger partial charge < -0.3 is 29.8 Å². The molecule has 2 fully saturated rings. The fourth-order valence-electron chi connectivity index (χ4n) is 5.91. The zero-order valence-electron chi connectivity index (χ0n) is 24.2. The van der Waals surface area contributed by atoms with Crippen molar-refractivity contribution in [3.63, 3.8) is 0 Å². The maximum Gasteiger partial charge on any atom is 0.330 e. The van der Waals surface area contributed by atoms with Gasteiger partial charge in [-0.2, -0.15) is 14.6 Å². The molecular weight excluding hydrogens is 576 g/mol. The minimum Gasteiger partial charge on any atom is -0.488 e. The first kappa shape index (κ1) is 28.3. The number of nitrogens with two attached hydrogens (primary N) is 1. The number of hydrogen-bond acceptors (Lipinski definition) is 10. The summed E-state index contributed by atoms with van der Waals surface area (Å²) in [7, 11) is 1.70. The van der Waals surface area contributed by atoms with E-state index >= 15 is 0 Å². The first-order valence-corrected chi connectivity index (χ1v) is 14.6. The van der Waals surface area contributed by atoms with Crippen molar-refractivity contribution >= 4 is 28.3 Å². The highest BCUT2D eigenvalue weighted by Gasteiger charge is 2.24. The van der Waals surface area contributed by atoms with E-state index in [0.717, 1.165) is 12.6 Å². The highest BCUT2D eigenvalue weighted by atomic mass is 19.1. The van der Waals surface area contributed by atoms with Gasteiger partial charge in [-0.1, -0.05) is 0 Å². The second-order valence-electron chi connectivity index (χ2n) is 11.0. The smallest absolute Gasteiger partial charge is 0.330 e. The Morgan fingerprint density at radius 1 is 1.14 bits per heavy atom. The summed E-state index contributed by atoms with van der Waals surface area (Å²) in [6.07, 6.45) is 1.38. The third kappa shape index (κ3) is 5.16. The van der Waals surface area contributed by atoms with Gasteiger partial charge in [-0.05, 0) is 18.2 Å². The number of anilines is 2. The zero-order valence-corrected chi connectivity index (χ0v) is 24.2. The van der Waals surface area contributed by atoms with Crippen molar-refractivity contribution in [3.05, 3.63) is 58.7 Å². The molecule has 13 nitrogen and oxygen atoms in total. The SMILES string of the molecule is Cn1c(=O)n(CCN2CCN(c3cc(OCC4CNCCO4)c(F)cc3F)CC2)c2nc(N)n3nc(-c4ccco4)cc3c21. The maximum atomic E-state index is 14.8. The van der Waals surface area contributed by atoms with Crippen LogP contribution >= 0.6 is 0 Å². The summed E-state index contributed by atoms with van der Waals surface area (Å²) in [5, 5.41) is 7.72. The number of aromatic nitrogens is 5. The Morgan fingerprint density at radius 2 is 1.98 bits per heavy atom. The van der Waals surface area contributed by atoms with Crippen LogP contribution in [0.1, 0.15) is 0 Å². The van der Waals surface area contributed by atoms with Crippen LogP contribution in [0.15, 0.2) is 45.8 Å². The van der Waals surface area contributed by atoms with E-state index in [2.05, 4.69) is 20.3 Å². The van der Waals surface area contributed by atoms with Gasteiger partial charge in [0.25, 0.3) is 0 Å². The van der Waals surface area contributed by atoms with Gasteiger partial charge in [0.2, 0.25) is 5.95 Å². The molecule has 1 unspecified atom stereocenters. The van der Waals surface area contributed by atoms with Gasteiger partial charge in [-0.15, -0.1) is 0 Å². The van der Waals surface area contributed by atoms with Crippen molar-refractivity contribution in [1.29, 1.82) is 0 Å². The Labute approximate surface area is 250 Å². The summed E-state index contributed by atoms with van der Waals surface area (Å²) in [5.74, 6) is -0.629. The summed E-state index contributed by atoms with van der Waals surface area (Å²) >= 11 is 0. The third-order valence-corrected chi connectivity index (χ3v) is 8.27. The molecule has 44 heavy (non-hydrogen) atoms. The number of imidazole rings is 1. The predicted molar refractivity (Wildman–Crippen MR) is 159 cm³/mol. The topological polar surface area (TPSA) is 133 Å². The van der Waals surface area contributed by atoms with Crippen molar-refractivity contribution < 1.29 is 22.7 Å². The van der Waals surface area contributed by atoms with Crippen molar-refractivity contribution in [2.45, 2.75) is 12.6 Å². The van der Waals surface area contributed by atoms with E-state index < -0.39 is 11.6 Å². The van der Waals surface area contributed by atoms with Crippen molar-refractivity contribution in [3.8, 4) is 17.2 Å². The molecule has 4 aromatic heterocycles. The third-order valence-electron chi connectivity index (χ3n) is 8.27. The van der Waals surface area contributed by atoms with Crippen LogP contribution in [-0.4, -0.2) is 93.8 Å². The van der Waals surface area contributed by atoms with E-state index in [-0.39, 0.29) is 30.1 Å². The lowest BCUT2D eigenvalue weighted by molar-refractivity contribution is -0.000550. The van der Waals surface area contributed by atoms with E-state index in [1.807, 2.05) is 11.0 Å². The number of rotatable bonds is 8. The Balaban J connectivity index is 1.04. The summed E-state index contributed by atoms with van der Waals surface area (Å²) in [5.41, 5.74) is 8.68. The Kier molecular flexibility index (Phi) is 7.43. The molecule has 2 saturated heterocycles. The number of nitrogens with zero attached hydrogens (tertiary/aromatic N) is 7.